The van der Waals surface area contributed by atoms with E-state index in [0.717, 1.165) is 5.01 Å². The number of likely N-dealkylation sites (N-methyl/N-ethyl adjacent to an activating group) is 1. The van der Waals surface area contributed by atoms with Crippen molar-refractivity contribution < 1.29 is 9.59 Å². The molecule has 0 saturated carbocycles. The molecule has 0 aromatic heterocycles. The van der Waals surface area contributed by atoms with E-state index in [-0.39, 0.29) is 11.5 Å². The Hall–Kier alpha value is -1.17. The Labute approximate surface area is 82.2 Å². The zero-order valence-corrected chi connectivity index (χ0v) is 8.48. The second kappa shape index (κ2) is 5.47. The second-order valence-corrected chi connectivity index (χ2v) is 2.74. The highest BCUT2D eigenvalue weighted by Crippen LogP contribution is 1.89. The molecule has 6 heteroatoms. The Morgan fingerprint density at radius 3 is 2.31 bits per heavy atom. The molecule has 0 saturated heterocycles. The molecule has 0 radical (unpaired) electrons. The number of nitrogens with one attached hydrogen (secondary N) is 1. The van der Waals surface area contributed by atoms with Gasteiger partial charge in [-0.3, -0.25) is 15.0 Å². The van der Waals surface area contributed by atoms with Crippen molar-refractivity contribution >= 4 is 29.0 Å². The van der Waals surface area contributed by atoms with E-state index in [4.69, 9.17) is 5.73 Å². The van der Waals surface area contributed by atoms with Crippen LogP contribution in [-0.2, 0) is 9.59 Å². The predicted octanol–water partition coefficient (Wildman–Crippen LogP) is -0.438. The first-order valence-corrected chi connectivity index (χ1v) is 4.34. The fraction of sp³-hybridized carbons (Fsp3) is 0.571. The number of carbonyl (C=O) groups is 2. The topological polar surface area (TPSA) is 75.4 Å². The van der Waals surface area contributed by atoms with Gasteiger partial charge in [-0.25, -0.2) is 5.01 Å². The largest absolute Gasteiger partial charge is 0.375 e. The Morgan fingerprint density at radius 2 is 2.00 bits per heavy atom. The van der Waals surface area contributed by atoms with Crippen LogP contribution >= 0.6 is 12.2 Å². The van der Waals surface area contributed by atoms with Crippen molar-refractivity contribution in [2.75, 3.05) is 6.54 Å². The maximum atomic E-state index is 11.2. The minimum atomic E-state index is -0.613. The number of nitrogens with zero attached hydrogens (tertiary/aromatic N) is 1. The average molecular weight is 203 g/mol. The van der Waals surface area contributed by atoms with E-state index in [1.807, 2.05) is 0 Å². The maximum absolute atomic E-state index is 11.2. The SMILES string of the molecule is CCC(=O)C(=O)N(CC)NC(N)=S. The number of amides is 1. The number of ketones is 1. The lowest BCUT2D eigenvalue weighted by Crippen LogP contribution is -2.50. The zero-order valence-electron chi connectivity index (χ0n) is 7.66. The summed E-state index contributed by atoms with van der Waals surface area (Å²) in [5, 5.41) is 1.06. The summed E-state index contributed by atoms with van der Waals surface area (Å²) >= 11 is 4.54. The Morgan fingerprint density at radius 1 is 1.46 bits per heavy atom. The highest BCUT2D eigenvalue weighted by atomic mass is 32.1. The minimum absolute atomic E-state index is 0.0286. The van der Waals surface area contributed by atoms with Crippen LogP contribution in [0.25, 0.3) is 0 Å². The summed E-state index contributed by atoms with van der Waals surface area (Å²) in [5.74, 6) is -1.08. The summed E-state index contributed by atoms with van der Waals surface area (Å²) in [5.41, 5.74) is 7.58. The molecular weight excluding hydrogens is 190 g/mol. The molecule has 0 aromatic rings. The number of Topliss-reactive ketones (excluding diaryl/α,β-unsaturated/α-hetero) is 1. The number of rotatable bonds is 3. The molecule has 0 heterocycles. The third kappa shape index (κ3) is 3.84. The van der Waals surface area contributed by atoms with Crippen molar-refractivity contribution in [1.82, 2.24) is 10.4 Å². The summed E-state index contributed by atoms with van der Waals surface area (Å²) in [6.07, 6.45) is 0.175. The summed E-state index contributed by atoms with van der Waals surface area (Å²) in [4.78, 5) is 22.2. The normalized spacial score (nSPS) is 9.08. The Kier molecular flexibility index (Phi) is 4.98. The predicted molar refractivity (Wildman–Crippen MR) is 52.6 cm³/mol. The van der Waals surface area contributed by atoms with Gasteiger partial charge >= 0.3 is 5.91 Å². The van der Waals surface area contributed by atoms with Gasteiger partial charge in [0.05, 0.1) is 0 Å². The average Bonchev–Trinajstić information content (AvgIpc) is 2.11. The van der Waals surface area contributed by atoms with Crippen LogP contribution in [0, 0.1) is 0 Å². The molecule has 5 nitrogen and oxygen atoms in total. The van der Waals surface area contributed by atoms with Gasteiger partial charge in [0.15, 0.2) is 5.11 Å². The molecule has 74 valence electrons. The van der Waals surface area contributed by atoms with Crippen LogP contribution in [0.4, 0.5) is 0 Å². The number of hydrogen-bond acceptors (Lipinski definition) is 3. The molecule has 0 aliphatic rings. The van der Waals surface area contributed by atoms with Crippen molar-refractivity contribution in [1.29, 1.82) is 0 Å². The van der Waals surface area contributed by atoms with Gasteiger partial charge in [-0.05, 0) is 19.1 Å². The third-order valence-electron chi connectivity index (χ3n) is 1.37. The molecule has 0 aromatic carbocycles. The molecule has 1 amide bonds. The van der Waals surface area contributed by atoms with Gasteiger partial charge in [0, 0.05) is 13.0 Å². The molecule has 0 rings (SSSR count). The minimum Gasteiger partial charge on any atom is -0.375 e. The first-order valence-electron chi connectivity index (χ1n) is 3.93. The highest BCUT2D eigenvalue weighted by molar-refractivity contribution is 7.80. The van der Waals surface area contributed by atoms with E-state index in [1.54, 1.807) is 13.8 Å². The number of hydrazine groups is 1. The molecule has 0 unspecified atom stereocenters. The first-order chi connectivity index (χ1) is 6.02. The van der Waals surface area contributed by atoms with Gasteiger partial charge in [0.2, 0.25) is 5.78 Å². The van der Waals surface area contributed by atoms with Crippen LogP contribution in [0.5, 0.6) is 0 Å². The molecule has 13 heavy (non-hydrogen) atoms. The number of carbonyl (C=O) groups excluding carboxylic acids is 2. The zero-order chi connectivity index (χ0) is 10.4. The van der Waals surface area contributed by atoms with E-state index in [0.29, 0.717) is 6.54 Å². The summed E-state index contributed by atoms with van der Waals surface area (Å²) in [7, 11) is 0. The van der Waals surface area contributed by atoms with Crippen LogP contribution < -0.4 is 11.2 Å². The summed E-state index contributed by atoms with van der Waals surface area (Å²) < 4.78 is 0. The van der Waals surface area contributed by atoms with Gasteiger partial charge in [-0.2, -0.15) is 0 Å². The maximum Gasteiger partial charge on any atom is 0.308 e. The smallest absolute Gasteiger partial charge is 0.308 e. The van der Waals surface area contributed by atoms with Crippen molar-refractivity contribution in [3.05, 3.63) is 0 Å². The lowest BCUT2D eigenvalue weighted by molar-refractivity contribution is -0.145. The van der Waals surface area contributed by atoms with Gasteiger partial charge in [-0.15, -0.1) is 0 Å². The van der Waals surface area contributed by atoms with Gasteiger partial charge in [0.25, 0.3) is 0 Å². The second-order valence-electron chi connectivity index (χ2n) is 2.30. The lowest BCUT2D eigenvalue weighted by atomic mass is 10.3. The van der Waals surface area contributed by atoms with Crippen LogP contribution in [0.15, 0.2) is 0 Å². The molecule has 3 N–H and O–H groups in total. The molecule has 0 bridgehead atoms. The molecular formula is C7H13N3O2S. The van der Waals surface area contributed by atoms with Gasteiger partial charge in [-0.1, -0.05) is 6.92 Å². The van der Waals surface area contributed by atoms with Gasteiger partial charge in [0.1, 0.15) is 0 Å². The first kappa shape index (κ1) is 11.8. The molecule has 0 spiro atoms. The van der Waals surface area contributed by atoms with Crippen molar-refractivity contribution in [2.24, 2.45) is 5.73 Å². The van der Waals surface area contributed by atoms with Crippen molar-refractivity contribution in [3.8, 4) is 0 Å². The van der Waals surface area contributed by atoms with Crippen molar-refractivity contribution in [2.45, 2.75) is 20.3 Å². The van der Waals surface area contributed by atoms with E-state index >= 15 is 0 Å². The number of thiocarbonyl (C=S) groups is 1. The van der Waals surface area contributed by atoms with E-state index in [1.165, 1.54) is 0 Å². The van der Waals surface area contributed by atoms with Crippen molar-refractivity contribution in [3.63, 3.8) is 0 Å². The van der Waals surface area contributed by atoms with E-state index < -0.39 is 11.7 Å². The summed E-state index contributed by atoms with van der Waals surface area (Å²) in [6.45, 7) is 3.67. The standard InChI is InChI=1S/C7H13N3O2S/c1-3-5(11)6(12)10(4-2)9-7(8)13/h3-4H2,1-2H3,(H3,8,9,13). The quantitative estimate of drug-likeness (QED) is 0.369. The Balaban J connectivity index is 4.31. The van der Waals surface area contributed by atoms with E-state index in [2.05, 4.69) is 17.6 Å². The molecule has 0 atom stereocenters. The number of hydrogen-bond donors (Lipinski definition) is 2. The van der Waals surface area contributed by atoms with Crippen LogP contribution in [0.1, 0.15) is 20.3 Å². The van der Waals surface area contributed by atoms with E-state index in [9.17, 15) is 9.59 Å². The monoisotopic (exact) mass is 203 g/mol. The molecule has 0 aliphatic heterocycles. The lowest BCUT2D eigenvalue weighted by Gasteiger charge is -2.20. The highest BCUT2D eigenvalue weighted by Gasteiger charge is 2.18. The van der Waals surface area contributed by atoms with Crippen LogP contribution in [0.2, 0.25) is 0 Å². The number of nitrogens with two attached hydrogens (primary N) is 1. The fourth-order valence-electron chi connectivity index (χ4n) is 0.708. The fourth-order valence-corrected chi connectivity index (χ4v) is 0.818. The summed E-state index contributed by atoms with van der Waals surface area (Å²) in [6, 6.07) is 0. The van der Waals surface area contributed by atoms with Crippen LogP contribution in [0.3, 0.4) is 0 Å². The third-order valence-corrected chi connectivity index (χ3v) is 1.46. The molecule has 0 fully saturated rings. The van der Waals surface area contributed by atoms with Gasteiger partial charge < -0.3 is 5.73 Å². The van der Waals surface area contributed by atoms with Crippen LogP contribution in [-0.4, -0.2) is 28.4 Å². The molecule has 0 aliphatic carbocycles. The Bertz CT molecular complexity index is 230.